The van der Waals surface area contributed by atoms with Crippen LogP contribution >= 0.6 is 0 Å². The van der Waals surface area contributed by atoms with E-state index in [1.54, 1.807) is 18.2 Å². The van der Waals surface area contributed by atoms with Crippen LogP contribution in [0.2, 0.25) is 0 Å². The van der Waals surface area contributed by atoms with Gasteiger partial charge in [-0.1, -0.05) is 30.3 Å². The van der Waals surface area contributed by atoms with E-state index in [4.69, 9.17) is 13.9 Å². The van der Waals surface area contributed by atoms with Gasteiger partial charge in [-0.05, 0) is 29.8 Å². The molecule has 0 fully saturated rings. The Labute approximate surface area is 172 Å². The van der Waals surface area contributed by atoms with Gasteiger partial charge in [-0.3, -0.25) is 4.79 Å². The number of aromatic hydroxyl groups is 2. The summed E-state index contributed by atoms with van der Waals surface area (Å²) in [5.41, 5.74) is 1.50. The Morgan fingerprint density at radius 3 is 2.40 bits per heavy atom. The van der Waals surface area contributed by atoms with E-state index in [9.17, 15) is 15.0 Å². The first-order chi connectivity index (χ1) is 14.6. The predicted molar refractivity (Wildman–Crippen MR) is 113 cm³/mol. The van der Waals surface area contributed by atoms with Crippen LogP contribution < -0.4 is 14.9 Å². The summed E-state index contributed by atoms with van der Waals surface area (Å²) in [5, 5.41) is 20.1. The van der Waals surface area contributed by atoms with Crippen LogP contribution in [0.3, 0.4) is 0 Å². The second kappa shape index (κ2) is 8.21. The number of phenolic OH excluding ortho intramolecular Hbond substituents is 2. The van der Waals surface area contributed by atoms with Gasteiger partial charge in [0.15, 0.2) is 16.9 Å². The van der Waals surface area contributed by atoms with Gasteiger partial charge in [0.25, 0.3) is 0 Å². The molecule has 6 heteroatoms. The molecule has 1 aromatic heterocycles. The number of ether oxygens (including phenoxy) is 2. The molecular formula is C24H20O6. The number of rotatable bonds is 6. The van der Waals surface area contributed by atoms with Crippen molar-refractivity contribution in [3.63, 3.8) is 0 Å². The second-order valence-corrected chi connectivity index (χ2v) is 6.74. The molecule has 0 aliphatic heterocycles. The maximum absolute atomic E-state index is 12.7. The Morgan fingerprint density at radius 1 is 0.967 bits per heavy atom. The van der Waals surface area contributed by atoms with Crippen molar-refractivity contribution in [3.8, 4) is 34.3 Å². The maximum atomic E-state index is 12.7. The van der Waals surface area contributed by atoms with Crippen LogP contribution in [0.15, 0.2) is 75.9 Å². The minimum absolute atomic E-state index is 0.0183. The molecule has 1 heterocycles. The normalized spacial score (nSPS) is 10.8. The first-order valence-corrected chi connectivity index (χ1v) is 9.41. The van der Waals surface area contributed by atoms with E-state index in [0.29, 0.717) is 24.4 Å². The average molecular weight is 404 g/mol. The minimum atomic E-state index is -0.411. The molecule has 0 aliphatic carbocycles. The monoisotopic (exact) mass is 404 g/mol. The van der Waals surface area contributed by atoms with Gasteiger partial charge in [-0.15, -0.1) is 0 Å². The Kier molecular flexibility index (Phi) is 5.30. The fraction of sp³-hybridized carbons (Fsp3) is 0.125. The van der Waals surface area contributed by atoms with Crippen LogP contribution in [-0.4, -0.2) is 23.9 Å². The second-order valence-electron chi connectivity index (χ2n) is 6.74. The summed E-state index contributed by atoms with van der Waals surface area (Å²) in [5.74, 6) is 0.464. The first-order valence-electron chi connectivity index (χ1n) is 9.41. The van der Waals surface area contributed by atoms with Gasteiger partial charge in [0, 0.05) is 24.1 Å². The van der Waals surface area contributed by atoms with Crippen molar-refractivity contribution in [1.29, 1.82) is 0 Å². The summed E-state index contributed by atoms with van der Waals surface area (Å²) >= 11 is 0. The number of benzene rings is 3. The highest BCUT2D eigenvalue weighted by molar-refractivity contribution is 5.89. The lowest BCUT2D eigenvalue weighted by Gasteiger charge is -2.14. The molecule has 3 aromatic carbocycles. The van der Waals surface area contributed by atoms with Crippen LogP contribution in [0.4, 0.5) is 0 Å². The van der Waals surface area contributed by atoms with Crippen molar-refractivity contribution in [2.75, 3.05) is 13.7 Å². The lowest BCUT2D eigenvalue weighted by Crippen LogP contribution is -2.05. The Balaban J connectivity index is 1.72. The summed E-state index contributed by atoms with van der Waals surface area (Å²) in [6.07, 6.45) is 0.667. The summed E-state index contributed by atoms with van der Waals surface area (Å²) < 4.78 is 17.0. The van der Waals surface area contributed by atoms with Crippen LogP contribution in [0.25, 0.3) is 22.3 Å². The molecule has 30 heavy (non-hydrogen) atoms. The molecule has 4 aromatic rings. The van der Waals surface area contributed by atoms with Crippen molar-refractivity contribution in [2.45, 2.75) is 6.42 Å². The highest BCUT2D eigenvalue weighted by atomic mass is 16.5. The number of phenols is 2. The van der Waals surface area contributed by atoms with Crippen LogP contribution in [0.1, 0.15) is 5.56 Å². The van der Waals surface area contributed by atoms with Gasteiger partial charge in [0.2, 0.25) is 5.75 Å². The molecule has 0 aliphatic rings. The fourth-order valence-electron chi connectivity index (χ4n) is 3.26. The zero-order chi connectivity index (χ0) is 21.1. The number of fused-ring (bicyclic) bond motifs is 1. The molecule has 0 spiro atoms. The number of methoxy groups -OCH3 is 1. The molecule has 0 radical (unpaired) electrons. The smallest absolute Gasteiger partial charge is 0.204 e. The van der Waals surface area contributed by atoms with E-state index in [1.807, 2.05) is 30.3 Å². The minimum Gasteiger partial charge on any atom is -0.508 e. The van der Waals surface area contributed by atoms with E-state index in [2.05, 4.69) is 0 Å². The molecule has 0 amide bonds. The molecular weight excluding hydrogens is 384 g/mol. The molecule has 4 rings (SSSR count). The molecule has 0 saturated carbocycles. The molecule has 0 unspecified atom stereocenters. The quantitative estimate of drug-likeness (QED) is 0.492. The van der Waals surface area contributed by atoms with Gasteiger partial charge in [0.1, 0.15) is 22.5 Å². The zero-order valence-corrected chi connectivity index (χ0v) is 16.3. The third-order valence-corrected chi connectivity index (χ3v) is 4.76. The van der Waals surface area contributed by atoms with Gasteiger partial charge in [-0.2, -0.15) is 0 Å². The number of hydrogen-bond acceptors (Lipinski definition) is 6. The van der Waals surface area contributed by atoms with E-state index < -0.39 is 5.43 Å². The van der Waals surface area contributed by atoms with Crippen molar-refractivity contribution < 1.29 is 24.1 Å². The molecule has 6 nitrogen and oxygen atoms in total. The lowest BCUT2D eigenvalue weighted by molar-refractivity contribution is 0.290. The zero-order valence-electron chi connectivity index (χ0n) is 16.3. The average Bonchev–Trinajstić information content (AvgIpc) is 2.75. The van der Waals surface area contributed by atoms with Gasteiger partial charge >= 0.3 is 0 Å². The Morgan fingerprint density at radius 2 is 1.70 bits per heavy atom. The molecule has 0 atom stereocenters. The predicted octanol–water partition coefficient (Wildman–Crippen LogP) is 4.50. The molecule has 152 valence electrons. The fourth-order valence-corrected chi connectivity index (χ4v) is 3.26. The highest BCUT2D eigenvalue weighted by Crippen LogP contribution is 2.42. The maximum Gasteiger partial charge on any atom is 0.204 e. The summed E-state index contributed by atoms with van der Waals surface area (Å²) in [7, 11) is 1.40. The first kappa shape index (κ1) is 19.4. The van der Waals surface area contributed by atoms with E-state index in [-0.39, 0.29) is 34.0 Å². The molecule has 0 bridgehead atoms. The Bertz CT molecular complexity index is 1230. The van der Waals surface area contributed by atoms with Crippen molar-refractivity contribution >= 4 is 11.0 Å². The van der Waals surface area contributed by atoms with Gasteiger partial charge < -0.3 is 24.1 Å². The van der Waals surface area contributed by atoms with Crippen LogP contribution in [0, 0.1) is 0 Å². The van der Waals surface area contributed by atoms with E-state index >= 15 is 0 Å². The van der Waals surface area contributed by atoms with Crippen molar-refractivity contribution in [3.05, 3.63) is 82.5 Å². The summed E-state index contributed by atoms with van der Waals surface area (Å²) in [4.78, 5) is 12.7. The summed E-state index contributed by atoms with van der Waals surface area (Å²) in [6, 6.07) is 19.0. The Hall–Kier alpha value is -3.93. The van der Waals surface area contributed by atoms with E-state index in [0.717, 1.165) is 5.56 Å². The molecule has 2 N–H and O–H groups in total. The highest BCUT2D eigenvalue weighted by Gasteiger charge is 2.20. The standard InChI is InChI=1S/C24H20O6/c1-28-24-21(29-12-11-15-5-3-2-4-6-15)14-20-22(23(24)27)18(26)13-19(30-20)16-7-9-17(25)10-8-16/h2-10,13-14,25,27H,11-12H2,1H3. The topological polar surface area (TPSA) is 89.1 Å². The van der Waals surface area contributed by atoms with E-state index in [1.165, 1.54) is 25.3 Å². The largest absolute Gasteiger partial charge is 0.508 e. The molecule has 0 saturated heterocycles. The van der Waals surface area contributed by atoms with Crippen LogP contribution in [-0.2, 0) is 6.42 Å². The van der Waals surface area contributed by atoms with Gasteiger partial charge in [-0.25, -0.2) is 0 Å². The van der Waals surface area contributed by atoms with Crippen molar-refractivity contribution in [1.82, 2.24) is 0 Å². The number of hydrogen-bond donors (Lipinski definition) is 2. The lowest BCUT2D eigenvalue weighted by atomic mass is 10.1. The van der Waals surface area contributed by atoms with Crippen LogP contribution in [0.5, 0.6) is 23.0 Å². The SMILES string of the molecule is COc1c(OCCc2ccccc2)cc2oc(-c3ccc(O)cc3)cc(=O)c2c1O. The summed E-state index contributed by atoms with van der Waals surface area (Å²) in [6.45, 7) is 0.354. The van der Waals surface area contributed by atoms with Crippen molar-refractivity contribution in [2.24, 2.45) is 0 Å². The third kappa shape index (κ3) is 3.80. The third-order valence-electron chi connectivity index (χ3n) is 4.76. The van der Waals surface area contributed by atoms with Gasteiger partial charge in [0.05, 0.1) is 13.7 Å².